The minimum absolute atomic E-state index is 0.242. The summed E-state index contributed by atoms with van der Waals surface area (Å²) >= 11 is 9.10. The number of hydrogen-bond acceptors (Lipinski definition) is 5. The normalized spacial score (nSPS) is 10.1. The Morgan fingerprint density at radius 3 is 2.22 bits per heavy atom. The number of hydrogen-bond donors (Lipinski definition) is 3. The number of ether oxygens (including phenoxy) is 1. The van der Waals surface area contributed by atoms with Crippen LogP contribution in [0.15, 0.2) is 65.7 Å². The Hall–Kier alpha value is -2.91. The number of anilines is 1. The van der Waals surface area contributed by atoms with Crippen LogP contribution in [0, 0.1) is 0 Å². The van der Waals surface area contributed by atoms with Gasteiger partial charge in [0.05, 0.1) is 10.6 Å². The van der Waals surface area contributed by atoms with Gasteiger partial charge < -0.3 is 15.8 Å². The summed E-state index contributed by atoms with van der Waals surface area (Å²) in [6.45, 7) is 4.00. The summed E-state index contributed by atoms with van der Waals surface area (Å²) in [5.41, 5.74) is 5.71. The lowest BCUT2D eigenvalue weighted by Crippen LogP contribution is -2.18. The van der Waals surface area contributed by atoms with Gasteiger partial charge in [0.25, 0.3) is 5.91 Å². The predicted molar refractivity (Wildman–Crippen MR) is 124 cm³/mol. The molecule has 0 aliphatic carbocycles. The zero-order valence-electron chi connectivity index (χ0n) is 17.6. The Balaban J connectivity index is 0.000000318. The second kappa shape index (κ2) is 12.8. The number of rotatable bonds is 3. The maximum absolute atomic E-state index is 12.1. The van der Waals surface area contributed by atoms with Gasteiger partial charge in [-0.3, -0.25) is 9.78 Å². The molecule has 0 spiro atoms. The van der Waals surface area contributed by atoms with Gasteiger partial charge in [-0.25, -0.2) is 0 Å². The van der Waals surface area contributed by atoms with Crippen LogP contribution in [0.1, 0.15) is 29.9 Å². The second-order valence-electron chi connectivity index (χ2n) is 5.79. The average molecular weight is 486 g/mol. The standard InChI is InChI=1S/C13H13N3O2.C7H4ClF3S.C2H6/c1-15-13(17)12-8-11(6-7-16-12)18-10-4-2-9(14)3-5-10;8-6-2-1-4(12)3-5(6)7(9,10)11;1-2/h2-8H,14H2,1H3,(H,15,17);1-3,12H;1-2H3. The molecule has 0 aliphatic rings. The molecular weight excluding hydrogens is 463 g/mol. The number of nitrogens with two attached hydrogens (primary N) is 1. The molecule has 3 rings (SSSR count). The summed E-state index contributed by atoms with van der Waals surface area (Å²) in [5.74, 6) is 0.949. The molecule has 3 aromatic rings. The van der Waals surface area contributed by atoms with E-state index in [1.54, 1.807) is 43.4 Å². The number of pyridine rings is 1. The van der Waals surface area contributed by atoms with Gasteiger partial charge in [0.1, 0.15) is 17.2 Å². The van der Waals surface area contributed by atoms with E-state index in [4.69, 9.17) is 22.1 Å². The van der Waals surface area contributed by atoms with E-state index in [0.717, 1.165) is 6.07 Å². The molecular formula is C22H23ClF3N3O2S. The zero-order valence-corrected chi connectivity index (χ0v) is 19.2. The Labute approximate surface area is 195 Å². The van der Waals surface area contributed by atoms with Crippen LogP contribution in [0.4, 0.5) is 18.9 Å². The van der Waals surface area contributed by atoms with Crippen molar-refractivity contribution in [3.8, 4) is 11.5 Å². The van der Waals surface area contributed by atoms with Crippen LogP contribution < -0.4 is 15.8 Å². The van der Waals surface area contributed by atoms with Crippen molar-refractivity contribution in [3.63, 3.8) is 0 Å². The lowest BCUT2D eigenvalue weighted by atomic mass is 10.2. The summed E-state index contributed by atoms with van der Waals surface area (Å²) in [4.78, 5) is 15.6. The summed E-state index contributed by atoms with van der Waals surface area (Å²) in [6, 6.07) is 13.7. The van der Waals surface area contributed by atoms with E-state index in [2.05, 4.69) is 22.9 Å². The third-order valence-corrected chi connectivity index (χ3v) is 4.17. The van der Waals surface area contributed by atoms with Gasteiger partial charge >= 0.3 is 6.18 Å². The molecule has 0 saturated heterocycles. The van der Waals surface area contributed by atoms with Crippen molar-refractivity contribution in [2.75, 3.05) is 12.8 Å². The van der Waals surface area contributed by atoms with Crippen LogP contribution in [-0.2, 0) is 6.18 Å². The van der Waals surface area contributed by atoms with Crippen molar-refractivity contribution >= 4 is 35.8 Å². The van der Waals surface area contributed by atoms with E-state index in [-0.39, 0.29) is 15.8 Å². The van der Waals surface area contributed by atoms with Gasteiger partial charge in [0.2, 0.25) is 0 Å². The molecule has 0 unspecified atom stereocenters. The molecule has 5 nitrogen and oxygen atoms in total. The second-order valence-corrected chi connectivity index (χ2v) is 6.71. The van der Waals surface area contributed by atoms with E-state index < -0.39 is 11.7 Å². The molecule has 0 atom stereocenters. The predicted octanol–water partition coefficient (Wildman–Crippen LogP) is 6.49. The highest BCUT2D eigenvalue weighted by Gasteiger charge is 2.33. The number of thiol groups is 1. The Bertz CT molecular complexity index is 1020. The average Bonchev–Trinajstić information content (AvgIpc) is 2.78. The number of carbonyl (C=O) groups excluding carboxylic acids is 1. The van der Waals surface area contributed by atoms with Crippen LogP contribution in [0.25, 0.3) is 0 Å². The van der Waals surface area contributed by atoms with E-state index in [0.29, 0.717) is 22.9 Å². The molecule has 2 aromatic carbocycles. The number of nitrogens with zero attached hydrogens (tertiary/aromatic N) is 1. The fraction of sp³-hybridized carbons (Fsp3) is 0.182. The summed E-state index contributed by atoms with van der Waals surface area (Å²) in [5, 5.41) is 2.20. The molecule has 32 heavy (non-hydrogen) atoms. The lowest BCUT2D eigenvalue weighted by molar-refractivity contribution is -0.137. The first-order valence-corrected chi connectivity index (χ1v) is 10.2. The number of aromatic nitrogens is 1. The van der Waals surface area contributed by atoms with Gasteiger partial charge in [-0.15, -0.1) is 12.6 Å². The molecule has 1 amide bonds. The first-order chi connectivity index (χ1) is 15.1. The van der Waals surface area contributed by atoms with Crippen molar-refractivity contribution < 1.29 is 22.7 Å². The summed E-state index contributed by atoms with van der Waals surface area (Å²) < 4.78 is 41.9. The largest absolute Gasteiger partial charge is 0.457 e. The van der Waals surface area contributed by atoms with Gasteiger partial charge in [-0.1, -0.05) is 25.4 Å². The Kier molecular flexibility index (Phi) is 10.9. The molecule has 1 aromatic heterocycles. The molecule has 10 heteroatoms. The molecule has 1 heterocycles. The van der Waals surface area contributed by atoms with Crippen LogP contribution >= 0.6 is 24.2 Å². The minimum Gasteiger partial charge on any atom is -0.457 e. The summed E-state index contributed by atoms with van der Waals surface area (Å²) in [7, 11) is 1.55. The quantitative estimate of drug-likeness (QED) is 0.293. The van der Waals surface area contributed by atoms with Gasteiger partial charge in [0.15, 0.2) is 0 Å². The first-order valence-electron chi connectivity index (χ1n) is 9.37. The number of benzene rings is 2. The van der Waals surface area contributed by atoms with E-state index in [9.17, 15) is 18.0 Å². The number of nitrogens with one attached hydrogen (secondary N) is 1. The molecule has 0 saturated carbocycles. The van der Waals surface area contributed by atoms with Crippen LogP contribution in [-0.4, -0.2) is 17.9 Å². The number of carbonyl (C=O) groups is 1. The monoisotopic (exact) mass is 485 g/mol. The van der Waals surface area contributed by atoms with Crippen LogP contribution in [0.5, 0.6) is 11.5 Å². The fourth-order valence-corrected chi connectivity index (χ4v) is 2.56. The molecule has 0 radical (unpaired) electrons. The van der Waals surface area contributed by atoms with Crippen LogP contribution in [0.3, 0.4) is 0 Å². The molecule has 0 aliphatic heterocycles. The molecule has 0 fully saturated rings. The number of amides is 1. The Morgan fingerprint density at radius 2 is 1.69 bits per heavy atom. The van der Waals surface area contributed by atoms with Crippen molar-refractivity contribution in [1.82, 2.24) is 10.3 Å². The molecule has 3 N–H and O–H groups in total. The highest BCUT2D eigenvalue weighted by atomic mass is 35.5. The third-order valence-electron chi connectivity index (χ3n) is 3.56. The number of nitrogen functional groups attached to an aromatic ring is 1. The first kappa shape index (κ1) is 27.1. The SMILES string of the molecule is CC.CNC(=O)c1cc(Oc2ccc(N)cc2)ccn1.FC(F)(F)c1cc(S)ccc1Cl. The topological polar surface area (TPSA) is 77.2 Å². The van der Waals surface area contributed by atoms with E-state index >= 15 is 0 Å². The van der Waals surface area contributed by atoms with Crippen molar-refractivity contribution in [2.45, 2.75) is 24.9 Å². The third kappa shape index (κ3) is 8.68. The lowest BCUT2D eigenvalue weighted by Gasteiger charge is -2.08. The van der Waals surface area contributed by atoms with Gasteiger partial charge in [0, 0.05) is 29.9 Å². The number of alkyl halides is 3. The fourth-order valence-electron chi connectivity index (χ4n) is 2.13. The van der Waals surface area contributed by atoms with E-state index in [1.807, 2.05) is 13.8 Å². The minimum atomic E-state index is -4.41. The van der Waals surface area contributed by atoms with Gasteiger partial charge in [-0.2, -0.15) is 13.2 Å². The van der Waals surface area contributed by atoms with Crippen molar-refractivity contribution in [2.24, 2.45) is 0 Å². The number of halogens is 4. The maximum Gasteiger partial charge on any atom is 0.417 e. The Morgan fingerprint density at radius 1 is 1.06 bits per heavy atom. The highest BCUT2D eigenvalue weighted by molar-refractivity contribution is 7.80. The molecule has 0 bridgehead atoms. The van der Waals surface area contributed by atoms with E-state index in [1.165, 1.54) is 18.3 Å². The van der Waals surface area contributed by atoms with Gasteiger partial charge in [-0.05, 0) is 48.5 Å². The van der Waals surface area contributed by atoms with Crippen LogP contribution in [0.2, 0.25) is 5.02 Å². The van der Waals surface area contributed by atoms with Crippen molar-refractivity contribution in [3.05, 3.63) is 77.1 Å². The maximum atomic E-state index is 12.1. The zero-order chi connectivity index (χ0) is 24.3. The summed E-state index contributed by atoms with van der Waals surface area (Å²) in [6.07, 6.45) is -2.88. The highest BCUT2D eigenvalue weighted by Crippen LogP contribution is 2.35. The van der Waals surface area contributed by atoms with Crippen molar-refractivity contribution in [1.29, 1.82) is 0 Å². The smallest absolute Gasteiger partial charge is 0.417 e. The molecule has 172 valence electrons.